The van der Waals surface area contributed by atoms with Gasteiger partial charge in [-0.15, -0.1) is 11.3 Å². The van der Waals surface area contributed by atoms with E-state index >= 15 is 0 Å². The van der Waals surface area contributed by atoms with Gasteiger partial charge in [0, 0.05) is 0 Å². The van der Waals surface area contributed by atoms with Crippen LogP contribution in [0.15, 0.2) is 15.2 Å². The molecule has 0 aliphatic heterocycles. The molecule has 0 spiro atoms. The molecule has 98 valence electrons. The molecule has 17 heavy (non-hydrogen) atoms. The number of ether oxygens (including phenoxy) is 1. The molecule has 0 radical (unpaired) electrons. The third-order valence-electron chi connectivity index (χ3n) is 2.84. The van der Waals surface area contributed by atoms with Crippen LogP contribution in [0.5, 0.6) is 5.75 Å². The minimum Gasteiger partial charge on any atom is -0.492 e. The molecule has 0 saturated carbocycles. The van der Waals surface area contributed by atoms with Crippen molar-refractivity contribution in [2.24, 2.45) is 0 Å². The third kappa shape index (κ3) is 7.10. The van der Waals surface area contributed by atoms with Crippen LogP contribution in [0.1, 0.15) is 58.3 Å². The Morgan fingerprint density at radius 2 is 1.71 bits per heavy atom. The summed E-state index contributed by atoms with van der Waals surface area (Å²) in [6, 6.07) is 2.03. The van der Waals surface area contributed by atoms with E-state index in [1.54, 1.807) is 11.3 Å². The molecule has 0 saturated heterocycles. The first-order valence-corrected chi connectivity index (χ1v) is 8.37. The molecule has 1 heterocycles. The van der Waals surface area contributed by atoms with Crippen LogP contribution in [0.25, 0.3) is 0 Å². The zero-order chi connectivity index (χ0) is 12.3. The molecule has 0 atom stereocenters. The maximum Gasteiger partial charge on any atom is 0.144 e. The molecule has 0 aliphatic carbocycles. The average molecular weight is 319 g/mol. The molecule has 0 aliphatic rings. The van der Waals surface area contributed by atoms with Crippen LogP contribution in [0.2, 0.25) is 0 Å². The highest BCUT2D eigenvalue weighted by Crippen LogP contribution is 2.30. The predicted octanol–water partition coefficient (Wildman–Crippen LogP) is 6.03. The van der Waals surface area contributed by atoms with E-state index in [2.05, 4.69) is 22.9 Å². The Kier molecular flexibility index (Phi) is 8.81. The van der Waals surface area contributed by atoms with Gasteiger partial charge in [0.2, 0.25) is 0 Å². The smallest absolute Gasteiger partial charge is 0.144 e. The Bertz CT molecular complexity index is 286. The lowest BCUT2D eigenvalue weighted by Gasteiger charge is -2.04. The summed E-state index contributed by atoms with van der Waals surface area (Å²) in [6.07, 6.45) is 10.8. The molecule has 0 unspecified atom stereocenters. The Morgan fingerprint density at radius 1 is 1.06 bits per heavy atom. The van der Waals surface area contributed by atoms with Crippen LogP contribution in [0.4, 0.5) is 0 Å². The lowest BCUT2D eigenvalue weighted by atomic mass is 10.1. The quantitative estimate of drug-likeness (QED) is 0.478. The summed E-state index contributed by atoms with van der Waals surface area (Å²) in [5.74, 6) is 0.998. The first kappa shape index (κ1) is 15.0. The highest BCUT2D eigenvalue weighted by molar-refractivity contribution is 9.11. The van der Waals surface area contributed by atoms with Gasteiger partial charge in [-0.05, 0) is 33.8 Å². The Labute approximate surface area is 118 Å². The Balaban J connectivity index is 1.86. The summed E-state index contributed by atoms with van der Waals surface area (Å²) in [5.41, 5.74) is 0. The predicted molar refractivity (Wildman–Crippen MR) is 80.1 cm³/mol. The Hall–Kier alpha value is -0.0200. The van der Waals surface area contributed by atoms with Gasteiger partial charge in [0.05, 0.1) is 6.61 Å². The fraction of sp³-hybridized carbons (Fsp3) is 0.714. The standard InChI is InChI=1S/C14H23BrOS/c1-2-3-4-5-6-7-8-9-11-16-13-10-12-17-14(13)15/h10,12H,2-9,11H2,1H3. The van der Waals surface area contributed by atoms with Crippen LogP contribution in [0.3, 0.4) is 0 Å². The SMILES string of the molecule is CCCCCCCCCCOc1ccsc1Br. The van der Waals surface area contributed by atoms with Crippen molar-refractivity contribution in [2.45, 2.75) is 58.3 Å². The van der Waals surface area contributed by atoms with E-state index in [1.165, 1.54) is 51.4 Å². The molecule has 1 aromatic rings. The molecule has 0 fully saturated rings. The summed E-state index contributed by atoms with van der Waals surface area (Å²) in [6.45, 7) is 3.12. The van der Waals surface area contributed by atoms with E-state index in [4.69, 9.17) is 4.74 Å². The zero-order valence-corrected chi connectivity index (χ0v) is 13.1. The van der Waals surface area contributed by atoms with Gasteiger partial charge < -0.3 is 4.74 Å². The topological polar surface area (TPSA) is 9.23 Å². The van der Waals surface area contributed by atoms with Crippen LogP contribution >= 0.6 is 27.3 Å². The van der Waals surface area contributed by atoms with Crippen LogP contribution < -0.4 is 4.74 Å². The summed E-state index contributed by atoms with van der Waals surface area (Å²) >= 11 is 5.15. The normalized spacial score (nSPS) is 10.7. The minimum atomic E-state index is 0.851. The van der Waals surface area contributed by atoms with Crippen molar-refractivity contribution in [3.8, 4) is 5.75 Å². The monoisotopic (exact) mass is 318 g/mol. The summed E-state index contributed by atoms with van der Waals surface area (Å²) in [5, 5.41) is 2.05. The van der Waals surface area contributed by atoms with Crippen LogP contribution in [0, 0.1) is 0 Å². The van der Waals surface area contributed by atoms with Crippen molar-refractivity contribution < 1.29 is 4.74 Å². The molecule has 0 bridgehead atoms. The average Bonchev–Trinajstić information content (AvgIpc) is 2.73. The molecule has 1 nitrogen and oxygen atoms in total. The van der Waals surface area contributed by atoms with Crippen LogP contribution in [-0.4, -0.2) is 6.61 Å². The summed E-state index contributed by atoms with van der Waals surface area (Å²) < 4.78 is 6.79. The highest BCUT2D eigenvalue weighted by Gasteiger charge is 2.00. The fourth-order valence-electron chi connectivity index (χ4n) is 1.80. The lowest BCUT2D eigenvalue weighted by molar-refractivity contribution is 0.304. The van der Waals surface area contributed by atoms with Gasteiger partial charge in [0.1, 0.15) is 9.54 Å². The van der Waals surface area contributed by atoms with Gasteiger partial charge in [-0.25, -0.2) is 0 Å². The molecular weight excluding hydrogens is 296 g/mol. The van der Waals surface area contributed by atoms with E-state index in [0.717, 1.165) is 16.1 Å². The van der Waals surface area contributed by atoms with Gasteiger partial charge in [0.15, 0.2) is 0 Å². The number of halogens is 1. The van der Waals surface area contributed by atoms with Crippen molar-refractivity contribution in [3.05, 3.63) is 15.2 Å². The van der Waals surface area contributed by atoms with Gasteiger partial charge >= 0.3 is 0 Å². The molecule has 1 rings (SSSR count). The minimum absolute atomic E-state index is 0.851. The van der Waals surface area contributed by atoms with Crippen molar-refractivity contribution in [3.63, 3.8) is 0 Å². The largest absolute Gasteiger partial charge is 0.492 e. The second-order valence-electron chi connectivity index (χ2n) is 4.38. The number of hydrogen-bond donors (Lipinski definition) is 0. The number of rotatable bonds is 10. The maximum atomic E-state index is 5.69. The summed E-state index contributed by atoms with van der Waals surface area (Å²) in [7, 11) is 0. The van der Waals surface area contributed by atoms with Crippen LogP contribution in [-0.2, 0) is 0 Å². The molecular formula is C14H23BrOS. The van der Waals surface area contributed by atoms with Gasteiger partial charge in [-0.1, -0.05) is 51.9 Å². The van der Waals surface area contributed by atoms with Crippen molar-refractivity contribution in [1.82, 2.24) is 0 Å². The second-order valence-corrected chi connectivity index (χ2v) is 6.62. The molecule has 3 heteroatoms. The maximum absolute atomic E-state index is 5.69. The second kappa shape index (κ2) is 9.95. The zero-order valence-electron chi connectivity index (χ0n) is 10.7. The van der Waals surface area contributed by atoms with E-state index < -0.39 is 0 Å². The van der Waals surface area contributed by atoms with E-state index in [-0.39, 0.29) is 0 Å². The number of hydrogen-bond acceptors (Lipinski definition) is 2. The first-order valence-electron chi connectivity index (χ1n) is 6.70. The Morgan fingerprint density at radius 3 is 2.29 bits per heavy atom. The van der Waals surface area contributed by atoms with Gasteiger partial charge in [0.25, 0.3) is 0 Å². The summed E-state index contributed by atoms with van der Waals surface area (Å²) in [4.78, 5) is 0. The van der Waals surface area contributed by atoms with Crippen molar-refractivity contribution in [2.75, 3.05) is 6.61 Å². The van der Waals surface area contributed by atoms with E-state index in [9.17, 15) is 0 Å². The lowest BCUT2D eigenvalue weighted by Crippen LogP contribution is -1.96. The fourth-order valence-corrected chi connectivity index (χ4v) is 2.93. The van der Waals surface area contributed by atoms with Crippen molar-refractivity contribution >= 4 is 27.3 Å². The van der Waals surface area contributed by atoms with Gasteiger partial charge in [-0.3, -0.25) is 0 Å². The molecule has 0 amide bonds. The molecule has 0 aromatic carbocycles. The molecule has 0 N–H and O–H groups in total. The third-order valence-corrected chi connectivity index (χ3v) is 4.47. The first-order chi connectivity index (χ1) is 8.34. The molecule has 1 aromatic heterocycles. The number of unbranched alkanes of at least 4 members (excludes halogenated alkanes) is 7. The number of thiophene rings is 1. The highest BCUT2D eigenvalue weighted by atomic mass is 79.9. The van der Waals surface area contributed by atoms with E-state index in [1.807, 2.05) is 11.4 Å². The van der Waals surface area contributed by atoms with Gasteiger partial charge in [-0.2, -0.15) is 0 Å². The van der Waals surface area contributed by atoms with Crippen molar-refractivity contribution in [1.29, 1.82) is 0 Å². The van der Waals surface area contributed by atoms with E-state index in [0.29, 0.717) is 0 Å².